The van der Waals surface area contributed by atoms with Gasteiger partial charge in [-0.15, -0.1) is 0 Å². The van der Waals surface area contributed by atoms with Gasteiger partial charge in [0.15, 0.2) is 0 Å². The molecule has 0 bridgehead atoms. The summed E-state index contributed by atoms with van der Waals surface area (Å²) >= 11 is 6.08. The van der Waals surface area contributed by atoms with Gasteiger partial charge in [0.2, 0.25) is 5.91 Å². The minimum atomic E-state index is -0.503. The Hall–Kier alpha value is -1.30. The van der Waals surface area contributed by atoms with Gasteiger partial charge in [-0.1, -0.05) is 24.9 Å². The number of ether oxygens (including phenoxy) is 2. The fourth-order valence-electron chi connectivity index (χ4n) is 1.61. The van der Waals surface area contributed by atoms with Crippen molar-refractivity contribution in [3.8, 4) is 5.75 Å². The molecule has 1 atom stereocenters. The molecule has 0 saturated carbocycles. The first-order valence-corrected chi connectivity index (χ1v) is 6.94. The van der Waals surface area contributed by atoms with Crippen molar-refractivity contribution >= 4 is 23.2 Å². The lowest BCUT2D eigenvalue weighted by atomic mass is 10.1. The van der Waals surface area contributed by atoms with Crippen molar-refractivity contribution in [3.63, 3.8) is 0 Å². The van der Waals surface area contributed by atoms with E-state index in [1.54, 1.807) is 25.3 Å². The molecule has 0 aliphatic heterocycles. The van der Waals surface area contributed by atoms with E-state index in [1.165, 1.54) is 0 Å². The maximum absolute atomic E-state index is 11.8. The fraction of sp³-hybridized carbons (Fsp3) is 0.500. The SMILES string of the molecule is CCCC(N)C(=O)Nc1ccc(OCCOC)c(Cl)c1. The first-order chi connectivity index (χ1) is 9.58. The molecule has 5 nitrogen and oxygen atoms in total. The number of hydrogen-bond donors (Lipinski definition) is 2. The molecule has 0 aromatic heterocycles. The lowest BCUT2D eigenvalue weighted by Gasteiger charge is -2.13. The summed E-state index contributed by atoms with van der Waals surface area (Å²) in [6, 6.07) is 4.57. The minimum absolute atomic E-state index is 0.212. The van der Waals surface area contributed by atoms with E-state index in [2.05, 4.69) is 5.32 Å². The lowest BCUT2D eigenvalue weighted by molar-refractivity contribution is -0.117. The van der Waals surface area contributed by atoms with Crippen LogP contribution in [-0.4, -0.2) is 32.3 Å². The molecule has 1 rings (SSSR count). The van der Waals surface area contributed by atoms with Crippen LogP contribution >= 0.6 is 11.6 Å². The molecule has 0 spiro atoms. The van der Waals surface area contributed by atoms with Gasteiger partial charge in [0.05, 0.1) is 17.7 Å². The molecule has 0 heterocycles. The first kappa shape index (κ1) is 16.8. The van der Waals surface area contributed by atoms with Gasteiger partial charge in [-0.2, -0.15) is 0 Å². The molecule has 0 fully saturated rings. The maximum atomic E-state index is 11.8. The Morgan fingerprint density at radius 3 is 2.80 bits per heavy atom. The zero-order valence-electron chi connectivity index (χ0n) is 11.8. The van der Waals surface area contributed by atoms with Crippen molar-refractivity contribution in [2.45, 2.75) is 25.8 Å². The minimum Gasteiger partial charge on any atom is -0.490 e. The van der Waals surface area contributed by atoms with Crippen LogP contribution in [0, 0.1) is 0 Å². The van der Waals surface area contributed by atoms with E-state index in [1.807, 2.05) is 6.92 Å². The molecule has 3 N–H and O–H groups in total. The van der Waals surface area contributed by atoms with Crippen LogP contribution in [0.1, 0.15) is 19.8 Å². The Morgan fingerprint density at radius 2 is 2.20 bits per heavy atom. The van der Waals surface area contributed by atoms with E-state index in [0.717, 1.165) is 6.42 Å². The number of halogens is 1. The van der Waals surface area contributed by atoms with Gasteiger partial charge < -0.3 is 20.5 Å². The second-order valence-electron chi connectivity index (χ2n) is 4.37. The van der Waals surface area contributed by atoms with Gasteiger partial charge in [-0.3, -0.25) is 4.79 Å². The predicted octanol–water partition coefficient (Wildman–Crippen LogP) is 2.43. The van der Waals surface area contributed by atoms with E-state index in [9.17, 15) is 4.79 Å². The Kier molecular flexibility index (Phi) is 7.36. The molecule has 1 aromatic carbocycles. The van der Waals surface area contributed by atoms with Crippen LogP contribution in [0.4, 0.5) is 5.69 Å². The highest BCUT2D eigenvalue weighted by Gasteiger charge is 2.13. The third kappa shape index (κ3) is 5.36. The normalized spacial score (nSPS) is 12.0. The number of nitrogens with two attached hydrogens (primary N) is 1. The molecule has 0 radical (unpaired) electrons. The summed E-state index contributed by atoms with van der Waals surface area (Å²) in [6.45, 7) is 2.89. The Bertz CT molecular complexity index is 440. The first-order valence-electron chi connectivity index (χ1n) is 6.56. The van der Waals surface area contributed by atoms with Crippen molar-refractivity contribution in [2.75, 3.05) is 25.6 Å². The van der Waals surface area contributed by atoms with E-state index in [-0.39, 0.29) is 5.91 Å². The average molecular weight is 301 g/mol. The van der Waals surface area contributed by atoms with Crippen molar-refractivity contribution < 1.29 is 14.3 Å². The number of benzene rings is 1. The molecule has 112 valence electrons. The van der Waals surface area contributed by atoms with Gasteiger partial charge in [0, 0.05) is 12.8 Å². The highest BCUT2D eigenvalue weighted by Crippen LogP contribution is 2.27. The van der Waals surface area contributed by atoms with Gasteiger partial charge in [0.1, 0.15) is 12.4 Å². The molecule has 1 unspecified atom stereocenters. The number of carbonyl (C=O) groups is 1. The number of methoxy groups -OCH3 is 1. The lowest BCUT2D eigenvalue weighted by Crippen LogP contribution is -2.35. The number of anilines is 1. The molecule has 1 aromatic rings. The molecular formula is C14H21ClN2O3. The highest BCUT2D eigenvalue weighted by atomic mass is 35.5. The van der Waals surface area contributed by atoms with Gasteiger partial charge in [0.25, 0.3) is 0 Å². The van der Waals surface area contributed by atoms with Crippen LogP contribution < -0.4 is 15.8 Å². The smallest absolute Gasteiger partial charge is 0.241 e. The summed E-state index contributed by atoms with van der Waals surface area (Å²) < 4.78 is 10.3. The summed E-state index contributed by atoms with van der Waals surface area (Å²) in [4.78, 5) is 11.8. The quantitative estimate of drug-likeness (QED) is 0.723. The van der Waals surface area contributed by atoms with Crippen LogP contribution in [0.3, 0.4) is 0 Å². The van der Waals surface area contributed by atoms with Crippen LogP contribution in [0.2, 0.25) is 5.02 Å². The topological polar surface area (TPSA) is 73.6 Å². The molecular weight excluding hydrogens is 280 g/mol. The predicted molar refractivity (Wildman–Crippen MR) is 80.3 cm³/mol. The second-order valence-corrected chi connectivity index (χ2v) is 4.78. The summed E-state index contributed by atoms with van der Waals surface area (Å²) in [5, 5.41) is 3.17. The molecule has 0 aliphatic rings. The number of rotatable bonds is 8. The van der Waals surface area contributed by atoms with Crippen LogP contribution in [0.15, 0.2) is 18.2 Å². The Balaban J connectivity index is 2.60. The van der Waals surface area contributed by atoms with Crippen molar-refractivity contribution in [1.82, 2.24) is 0 Å². The molecule has 6 heteroatoms. The number of carbonyl (C=O) groups excluding carboxylic acids is 1. The van der Waals surface area contributed by atoms with Gasteiger partial charge in [-0.25, -0.2) is 0 Å². The van der Waals surface area contributed by atoms with Crippen LogP contribution in [-0.2, 0) is 9.53 Å². The summed E-state index contributed by atoms with van der Waals surface area (Å²) in [6.07, 6.45) is 1.51. The number of amides is 1. The average Bonchev–Trinajstić information content (AvgIpc) is 2.41. The zero-order valence-corrected chi connectivity index (χ0v) is 12.6. The molecule has 0 aliphatic carbocycles. The van der Waals surface area contributed by atoms with Crippen LogP contribution in [0.5, 0.6) is 5.75 Å². The number of nitrogens with one attached hydrogen (secondary N) is 1. The monoisotopic (exact) mass is 300 g/mol. The van der Waals surface area contributed by atoms with E-state index in [4.69, 9.17) is 26.8 Å². The van der Waals surface area contributed by atoms with E-state index >= 15 is 0 Å². The summed E-state index contributed by atoms with van der Waals surface area (Å²) in [7, 11) is 1.60. The van der Waals surface area contributed by atoms with E-state index in [0.29, 0.717) is 36.1 Å². The van der Waals surface area contributed by atoms with Crippen LogP contribution in [0.25, 0.3) is 0 Å². The Morgan fingerprint density at radius 1 is 1.45 bits per heavy atom. The van der Waals surface area contributed by atoms with Gasteiger partial charge >= 0.3 is 0 Å². The third-order valence-electron chi connectivity index (χ3n) is 2.68. The Labute approximate surface area is 124 Å². The van der Waals surface area contributed by atoms with Crippen molar-refractivity contribution in [3.05, 3.63) is 23.2 Å². The highest BCUT2D eigenvalue weighted by molar-refractivity contribution is 6.32. The van der Waals surface area contributed by atoms with E-state index < -0.39 is 6.04 Å². The molecule has 1 amide bonds. The largest absolute Gasteiger partial charge is 0.490 e. The molecule has 20 heavy (non-hydrogen) atoms. The van der Waals surface area contributed by atoms with Crippen molar-refractivity contribution in [1.29, 1.82) is 0 Å². The zero-order chi connectivity index (χ0) is 15.0. The summed E-state index contributed by atoms with van der Waals surface area (Å²) in [5.74, 6) is 0.343. The standard InChI is InChI=1S/C14H21ClN2O3/c1-3-4-12(16)14(18)17-10-5-6-13(11(15)9-10)20-8-7-19-2/h5-6,9,12H,3-4,7-8,16H2,1-2H3,(H,17,18). The third-order valence-corrected chi connectivity index (χ3v) is 2.98. The van der Waals surface area contributed by atoms with Gasteiger partial charge in [-0.05, 0) is 24.6 Å². The number of hydrogen-bond acceptors (Lipinski definition) is 4. The summed E-state index contributed by atoms with van der Waals surface area (Å²) in [5.41, 5.74) is 6.34. The maximum Gasteiger partial charge on any atom is 0.241 e. The van der Waals surface area contributed by atoms with Crippen molar-refractivity contribution in [2.24, 2.45) is 5.73 Å². The second kappa shape index (κ2) is 8.79. The molecule has 0 saturated heterocycles. The fourth-order valence-corrected chi connectivity index (χ4v) is 1.84.